The molecule has 0 aliphatic rings. The van der Waals surface area contributed by atoms with Gasteiger partial charge in [0, 0.05) is 6.26 Å². The van der Waals surface area contributed by atoms with Crippen molar-refractivity contribution in [1.82, 2.24) is 0 Å². The number of hydrogen-bond acceptors (Lipinski definition) is 6. The van der Waals surface area contributed by atoms with Gasteiger partial charge in [0.25, 0.3) is 5.91 Å². The average Bonchev–Trinajstić information content (AvgIpc) is 2.65. The first-order chi connectivity index (χ1) is 13.6. The zero-order valence-corrected chi connectivity index (χ0v) is 17.8. The Kier molecular flexibility index (Phi) is 7.64. The van der Waals surface area contributed by atoms with Gasteiger partial charge < -0.3 is 14.8 Å². The Labute approximate surface area is 174 Å². The second-order valence-corrected chi connectivity index (χ2v) is 9.19. The maximum atomic E-state index is 12.1. The van der Waals surface area contributed by atoms with Crippen molar-refractivity contribution in [1.29, 1.82) is 0 Å². The maximum absolute atomic E-state index is 12.1. The van der Waals surface area contributed by atoms with Crippen LogP contribution in [0.25, 0.3) is 0 Å². The number of carbonyl (C=O) groups is 2. The fourth-order valence-corrected chi connectivity index (χ4v) is 2.99. The van der Waals surface area contributed by atoms with Crippen LogP contribution in [0.3, 0.4) is 0 Å². The van der Waals surface area contributed by atoms with Crippen molar-refractivity contribution in [2.24, 2.45) is 5.92 Å². The molecule has 0 unspecified atom stereocenters. The Hall–Kier alpha value is -2.58. The molecule has 0 spiro atoms. The Bertz CT molecular complexity index is 987. The summed E-state index contributed by atoms with van der Waals surface area (Å²) in [5, 5.41) is 2.59. The average molecular weight is 440 g/mol. The van der Waals surface area contributed by atoms with Gasteiger partial charge in [-0.3, -0.25) is 4.79 Å². The molecule has 0 fully saturated rings. The lowest BCUT2D eigenvalue weighted by molar-refractivity contribution is -0.119. The number of carbonyl (C=O) groups excluding carboxylic acids is 2. The quantitative estimate of drug-likeness (QED) is 0.631. The van der Waals surface area contributed by atoms with Gasteiger partial charge in [0.1, 0.15) is 5.75 Å². The monoisotopic (exact) mass is 439 g/mol. The van der Waals surface area contributed by atoms with Crippen LogP contribution < -0.4 is 10.1 Å². The lowest BCUT2D eigenvalue weighted by Crippen LogP contribution is -2.21. The fourth-order valence-electron chi connectivity index (χ4n) is 2.18. The molecular formula is C20H22ClNO6S. The predicted octanol–water partition coefficient (Wildman–Crippen LogP) is 3.57. The van der Waals surface area contributed by atoms with Gasteiger partial charge in [0.2, 0.25) is 0 Å². The third-order valence-corrected chi connectivity index (χ3v) is 5.09. The molecule has 156 valence electrons. The van der Waals surface area contributed by atoms with Crippen LogP contribution >= 0.6 is 11.6 Å². The Morgan fingerprint density at radius 3 is 2.34 bits per heavy atom. The minimum Gasteiger partial charge on any atom is -0.493 e. The van der Waals surface area contributed by atoms with Crippen LogP contribution in [0.4, 0.5) is 5.69 Å². The highest BCUT2D eigenvalue weighted by Gasteiger charge is 2.14. The van der Waals surface area contributed by atoms with Gasteiger partial charge in [-0.25, -0.2) is 13.2 Å². The van der Waals surface area contributed by atoms with Crippen LogP contribution in [0, 0.1) is 5.92 Å². The van der Waals surface area contributed by atoms with E-state index in [0.29, 0.717) is 18.3 Å². The van der Waals surface area contributed by atoms with Gasteiger partial charge in [-0.05, 0) is 48.4 Å². The molecule has 0 heterocycles. The molecule has 1 amide bonds. The smallest absolute Gasteiger partial charge is 0.338 e. The molecule has 9 heteroatoms. The summed E-state index contributed by atoms with van der Waals surface area (Å²) in [5.74, 6) is -0.312. The molecule has 7 nitrogen and oxygen atoms in total. The van der Waals surface area contributed by atoms with Crippen molar-refractivity contribution < 1.29 is 27.5 Å². The van der Waals surface area contributed by atoms with Crippen molar-refractivity contribution in [2.75, 3.05) is 24.8 Å². The lowest BCUT2D eigenvalue weighted by Gasteiger charge is -2.10. The van der Waals surface area contributed by atoms with Crippen molar-refractivity contribution in [3.63, 3.8) is 0 Å². The van der Waals surface area contributed by atoms with E-state index < -0.39 is 28.3 Å². The van der Waals surface area contributed by atoms with Gasteiger partial charge >= 0.3 is 5.97 Å². The molecule has 2 rings (SSSR count). The first kappa shape index (κ1) is 22.7. The molecular weight excluding hydrogens is 418 g/mol. The highest BCUT2D eigenvalue weighted by Crippen LogP contribution is 2.25. The minimum atomic E-state index is -3.46. The van der Waals surface area contributed by atoms with E-state index in [1.54, 1.807) is 24.3 Å². The number of amides is 1. The first-order valence-electron chi connectivity index (χ1n) is 8.75. The largest absolute Gasteiger partial charge is 0.493 e. The van der Waals surface area contributed by atoms with Crippen LogP contribution in [0.5, 0.6) is 5.75 Å². The predicted molar refractivity (Wildman–Crippen MR) is 110 cm³/mol. The number of sulfone groups is 1. The van der Waals surface area contributed by atoms with E-state index in [4.69, 9.17) is 21.1 Å². The molecule has 2 aromatic rings. The Balaban J connectivity index is 1.93. The van der Waals surface area contributed by atoms with Gasteiger partial charge in [0.15, 0.2) is 16.4 Å². The van der Waals surface area contributed by atoms with E-state index in [-0.39, 0.29) is 21.2 Å². The van der Waals surface area contributed by atoms with E-state index >= 15 is 0 Å². The molecule has 0 atom stereocenters. The number of nitrogens with one attached hydrogen (secondary N) is 1. The summed E-state index contributed by atoms with van der Waals surface area (Å²) in [6, 6.07) is 10.3. The number of benzene rings is 2. The summed E-state index contributed by atoms with van der Waals surface area (Å²) < 4.78 is 33.8. The summed E-state index contributed by atoms with van der Waals surface area (Å²) in [7, 11) is -3.46. The number of ether oxygens (including phenoxy) is 2. The number of hydrogen-bond donors (Lipinski definition) is 1. The molecule has 0 saturated carbocycles. The molecule has 0 aromatic heterocycles. The van der Waals surface area contributed by atoms with Gasteiger partial charge in [-0.1, -0.05) is 25.4 Å². The van der Waals surface area contributed by atoms with Crippen LogP contribution in [-0.2, 0) is 19.4 Å². The highest BCUT2D eigenvalue weighted by molar-refractivity contribution is 7.90. The molecule has 2 aromatic carbocycles. The van der Waals surface area contributed by atoms with E-state index in [2.05, 4.69) is 5.32 Å². The van der Waals surface area contributed by atoms with Crippen LogP contribution in [-0.4, -0.2) is 39.8 Å². The van der Waals surface area contributed by atoms with Crippen LogP contribution in [0.15, 0.2) is 47.4 Å². The molecule has 29 heavy (non-hydrogen) atoms. The molecule has 0 saturated heterocycles. The summed E-state index contributed by atoms with van der Waals surface area (Å²) in [6.07, 6.45) is 1.04. The zero-order valence-electron chi connectivity index (χ0n) is 16.3. The van der Waals surface area contributed by atoms with E-state index in [0.717, 1.165) is 6.26 Å². The van der Waals surface area contributed by atoms with E-state index in [1.165, 1.54) is 18.2 Å². The minimum absolute atomic E-state index is 0.00831. The van der Waals surface area contributed by atoms with Crippen molar-refractivity contribution in [3.8, 4) is 5.75 Å². The molecule has 0 aliphatic carbocycles. The third-order valence-electron chi connectivity index (χ3n) is 3.65. The van der Waals surface area contributed by atoms with Crippen molar-refractivity contribution >= 4 is 39.0 Å². The van der Waals surface area contributed by atoms with Crippen LogP contribution in [0.1, 0.15) is 24.2 Å². The SMILES string of the molecule is CC(C)COc1ccc(C(=O)OCC(=O)Nc2cc(S(C)(=O)=O)ccc2Cl)cc1. The maximum Gasteiger partial charge on any atom is 0.338 e. The molecule has 0 bridgehead atoms. The fraction of sp³-hybridized carbons (Fsp3) is 0.300. The second-order valence-electron chi connectivity index (χ2n) is 6.77. The molecule has 0 aliphatic heterocycles. The zero-order chi connectivity index (χ0) is 21.6. The standard InChI is InChI=1S/C20H22ClNO6S/c1-13(2)11-27-15-6-4-14(5-7-15)20(24)28-12-19(23)22-18-10-16(29(3,25)26)8-9-17(18)21/h4-10,13H,11-12H2,1-3H3,(H,22,23). The summed E-state index contributed by atoms with van der Waals surface area (Å²) >= 11 is 5.98. The lowest BCUT2D eigenvalue weighted by atomic mass is 10.2. The number of anilines is 1. The summed E-state index contributed by atoms with van der Waals surface area (Å²) in [5.41, 5.74) is 0.383. The van der Waals surface area contributed by atoms with Gasteiger partial charge in [-0.15, -0.1) is 0 Å². The second kappa shape index (κ2) is 9.76. The molecule has 1 N–H and O–H groups in total. The topological polar surface area (TPSA) is 98.8 Å². The molecule has 0 radical (unpaired) electrons. The third kappa shape index (κ3) is 7.07. The number of esters is 1. The highest BCUT2D eigenvalue weighted by atomic mass is 35.5. The van der Waals surface area contributed by atoms with Crippen molar-refractivity contribution in [2.45, 2.75) is 18.7 Å². The number of halogens is 1. The first-order valence-corrected chi connectivity index (χ1v) is 11.0. The number of rotatable bonds is 8. The normalized spacial score (nSPS) is 11.2. The van der Waals surface area contributed by atoms with E-state index in [9.17, 15) is 18.0 Å². The Morgan fingerprint density at radius 2 is 1.76 bits per heavy atom. The van der Waals surface area contributed by atoms with Gasteiger partial charge in [0.05, 0.1) is 27.8 Å². The van der Waals surface area contributed by atoms with Gasteiger partial charge in [-0.2, -0.15) is 0 Å². The Morgan fingerprint density at radius 1 is 1.10 bits per heavy atom. The van der Waals surface area contributed by atoms with Crippen molar-refractivity contribution in [3.05, 3.63) is 53.1 Å². The summed E-state index contributed by atoms with van der Waals surface area (Å²) in [4.78, 5) is 24.1. The van der Waals surface area contributed by atoms with Crippen LogP contribution in [0.2, 0.25) is 5.02 Å². The summed E-state index contributed by atoms with van der Waals surface area (Å²) in [6.45, 7) is 4.07. The van der Waals surface area contributed by atoms with E-state index in [1.807, 2.05) is 13.8 Å².